The number of hydrogen-bond acceptors (Lipinski definition) is 7. The van der Waals surface area contributed by atoms with Crippen LogP contribution in [0.2, 0.25) is 0 Å². The van der Waals surface area contributed by atoms with E-state index in [1.165, 1.54) is 11.8 Å². The molecule has 0 N–H and O–H groups in total. The van der Waals surface area contributed by atoms with Crippen LogP contribution < -0.4 is 5.56 Å². The molecule has 6 rings (SSSR count). The molecular formula is C23H20N6O2S. The summed E-state index contributed by atoms with van der Waals surface area (Å²) >= 11 is 1.46. The van der Waals surface area contributed by atoms with Gasteiger partial charge in [0.2, 0.25) is 17.6 Å². The van der Waals surface area contributed by atoms with Gasteiger partial charge in [-0.25, -0.2) is 4.57 Å². The minimum atomic E-state index is -0.116. The Morgan fingerprint density at radius 2 is 1.91 bits per heavy atom. The standard InChI is InChI=1S/C23H20N6O2S/c1-13-7-10-17(14(2)11-13)28-21(30)16-5-3-4-6-18(16)29-22(28)26-27-23(29)32-12-19-24-25-20(31-19)15-8-9-15/h3-7,10-11,15H,8-9,12H2,1-2H3. The third kappa shape index (κ3) is 3.12. The van der Waals surface area contributed by atoms with Gasteiger partial charge < -0.3 is 4.42 Å². The molecule has 32 heavy (non-hydrogen) atoms. The van der Waals surface area contributed by atoms with E-state index in [9.17, 15) is 4.79 Å². The van der Waals surface area contributed by atoms with Crippen molar-refractivity contribution in [2.75, 3.05) is 0 Å². The molecule has 0 radical (unpaired) electrons. The van der Waals surface area contributed by atoms with Crippen molar-refractivity contribution < 1.29 is 4.42 Å². The van der Waals surface area contributed by atoms with Crippen molar-refractivity contribution in [1.29, 1.82) is 0 Å². The minimum Gasteiger partial charge on any atom is -0.424 e. The molecule has 0 spiro atoms. The molecule has 1 aliphatic carbocycles. The molecule has 0 aliphatic heterocycles. The molecule has 2 aromatic carbocycles. The average molecular weight is 445 g/mol. The number of hydrogen-bond donors (Lipinski definition) is 0. The molecule has 3 aromatic heterocycles. The SMILES string of the molecule is Cc1ccc(-n2c(=O)c3ccccc3n3c(SCc4nnc(C5CC5)o4)nnc23)c(C)c1. The predicted octanol–water partition coefficient (Wildman–Crippen LogP) is 4.20. The normalized spacial score (nSPS) is 13.9. The maximum atomic E-state index is 13.5. The molecule has 0 atom stereocenters. The monoisotopic (exact) mass is 444 g/mol. The smallest absolute Gasteiger partial charge is 0.267 e. The Balaban J connectivity index is 1.50. The van der Waals surface area contributed by atoms with Crippen LogP contribution >= 0.6 is 11.8 Å². The number of rotatable bonds is 5. The van der Waals surface area contributed by atoms with Crippen molar-refractivity contribution in [3.63, 3.8) is 0 Å². The van der Waals surface area contributed by atoms with E-state index in [1.54, 1.807) is 4.57 Å². The molecule has 1 aliphatic rings. The number of benzene rings is 2. The summed E-state index contributed by atoms with van der Waals surface area (Å²) in [6, 6.07) is 13.6. The lowest BCUT2D eigenvalue weighted by Gasteiger charge is -2.13. The molecule has 0 amide bonds. The van der Waals surface area contributed by atoms with E-state index in [0.717, 1.165) is 41.1 Å². The first-order chi connectivity index (χ1) is 15.6. The van der Waals surface area contributed by atoms with Gasteiger partial charge in [0.25, 0.3) is 5.56 Å². The largest absolute Gasteiger partial charge is 0.424 e. The molecule has 160 valence electrons. The zero-order chi connectivity index (χ0) is 21.8. The van der Waals surface area contributed by atoms with Gasteiger partial charge >= 0.3 is 0 Å². The maximum absolute atomic E-state index is 13.5. The van der Waals surface area contributed by atoms with E-state index < -0.39 is 0 Å². The van der Waals surface area contributed by atoms with Crippen LogP contribution in [-0.4, -0.2) is 29.4 Å². The fourth-order valence-corrected chi connectivity index (χ4v) is 4.77. The Hall–Kier alpha value is -3.46. The predicted molar refractivity (Wildman–Crippen MR) is 121 cm³/mol. The van der Waals surface area contributed by atoms with E-state index in [2.05, 4.69) is 26.5 Å². The van der Waals surface area contributed by atoms with Crippen LogP contribution in [0.1, 0.15) is 41.7 Å². The second-order valence-electron chi connectivity index (χ2n) is 8.16. The summed E-state index contributed by atoms with van der Waals surface area (Å²) in [4.78, 5) is 13.5. The summed E-state index contributed by atoms with van der Waals surface area (Å²) in [5, 5.41) is 18.4. The van der Waals surface area contributed by atoms with Gasteiger partial charge in [-0.1, -0.05) is 41.6 Å². The van der Waals surface area contributed by atoms with Crippen LogP contribution in [0.25, 0.3) is 22.4 Å². The Kier molecular flexibility index (Phi) is 4.39. The second kappa shape index (κ2) is 7.30. The first kappa shape index (κ1) is 19.2. The molecule has 8 nitrogen and oxygen atoms in total. The first-order valence-corrected chi connectivity index (χ1v) is 11.5. The average Bonchev–Trinajstić information content (AvgIpc) is 3.38. The number of fused-ring (bicyclic) bond motifs is 3. The lowest BCUT2D eigenvalue weighted by molar-refractivity contribution is 0.466. The Bertz CT molecular complexity index is 1550. The van der Waals surface area contributed by atoms with Crippen LogP contribution in [0.4, 0.5) is 0 Å². The van der Waals surface area contributed by atoms with Crippen LogP contribution in [-0.2, 0) is 5.75 Å². The highest BCUT2D eigenvalue weighted by atomic mass is 32.2. The first-order valence-electron chi connectivity index (χ1n) is 10.5. The van der Waals surface area contributed by atoms with Gasteiger partial charge in [0, 0.05) is 5.92 Å². The molecule has 0 bridgehead atoms. The highest BCUT2D eigenvalue weighted by Crippen LogP contribution is 2.39. The number of aryl methyl sites for hydroxylation is 2. The van der Waals surface area contributed by atoms with Gasteiger partial charge in [-0.15, -0.1) is 20.4 Å². The van der Waals surface area contributed by atoms with Crippen LogP contribution in [0.3, 0.4) is 0 Å². The van der Waals surface area contributed by atoms with Gasteiger partial charge in [0.05, 0.1) is 22.3 Å². The molecule has 0 saturated heterocycles. The van der Waals surface area contributed by atoms with Crippen molar-refractivity contribution in [2.24, 2.45) is 0 Å². The molecule has 0 unspecified atom stereocenters. The summed E-state index contributed by atoms with van der Waals surface area (Å²) in [5.41, 5.74) is 3.59. The molecule has 1 saturated carbocycles. The highest BCUT2D eigenvalue weighted by molar-refractivity contribution is 7.98. The van der Waals surface area contributed by atoms with Crippen LogP contribution in [0, 0.1) is 13.8 Å². The molecular weight excluding hydrogens is 424 g/mol. The molecule has 1 fully saturated rings. The van der Waals surface area contributed by atoms with Gasteiger partial charge in [0.1, 0.15) is 0 Å². The van der Waals surface area contributed by atoms with E-state index >= 15 is 0 Å². The lowest BCUT2D eigenvalue weighted by Crippen LogP contribution is -2.22. The number of para-hydroxylation sites is 1. The second-order valence-corrected chi connectivity index (χ2v) is 9.11. The van der Waals surface area contributed by atoms with Crippen LogP contribution in [0.5, 0.6) is 0 Å². The van der Waals surface area contributed by atoms with Gasteiger partial charge in [-0.3, -0.25) is 9.20 Å². The van der Waals surface area contributed by atoms with E-state index in [4.69, 9.17) is 4.42 Å². The summed E-state index contributed by atoms with van der Waals surface area (Å²) in [5.74, 6) is 2.68. The molecule has 5 aromatic rings. The van der Waals surface area contributed by atoms with Gasteiger partial charge in [-0.2, -0.15) is 0 Å². The number of aromatic nitrogens is 6. The van der Waals surface area contributed by atoms with E-state index in [1.807, 2.05) is 54.6 Å². The van der Waals surface area contributed by atoms with Crippen LogP contribution in [0.15, 0.2) is 56.8 Å². The summed E-state index contributed by atoms with van der Waals surface area (Å²) in [7, 11) is 0. The zero-order valence-corrected chi connectivity index (χ0v) is 18.5. The van der Waals surface area contributed by atoms with Crippen molar-refractivity contribution in [3.05, 3.63) is 75.7 Å². The van der Waals surface area contributed by atoms with Crippen molar-refractivity contribution in [3.8, 4) is 5.69 Å². The quantitative estimate of drug-likeness (QED) is 0.375. The number of nitrogens with zero attached hydrogens (tertiary/aromatic N) is 6. The van der Waals surface area contributed by atoms with Crippen molar-refractivity contribution >= 4 is 28.4 Å². The van der Waals surface area contributed by atoms with Crippen molar-refractivity contribution in [1.82, 2.24) is 29.4 Å². The Morgan fingerprint density at radius 1 is 1.06 bits per heavy atom. The lowest BCUT2D eigenvalue weighted by atomic mass is 10.1. The molecule has 9 heteroatoms. The summed E-state index contributed by atoms with van der Waals surface area (Å²) in [6.07, 6.45) is 2.23. The topological polar surface area (TPSA) is 91.1 Å². The van der Waals surface area contributed by atoms with E-state index in [-0.39, 0.29) is 5.56 Å². The summed E-state index contributed by atoms with van der Waals surface area (Å²) in [6.45, 7) is 4.03. The maximum Gasteiger partial charge on any atom is 0.267 e. The third-order valence-corrected chi connectivity index (χ3v) is 6.64. The van der Waals surface area contributed by atoms with Crippen molar-refractivity contribution in [2.45, 2.75) is 43.5 Å². The van der Waals surface area contributed by atoms with Gasteiger partial charge in [-0.05, 0) is 50.5 Å². The fraction of sp³-hybridized carbons (Fsp3) is 0.261. The Morgan fingerprint density at radius 3 is 2.72 bits per heavy atom. The minimum absolute atomic E-state index is 0.116. The van der Waals surface area contributed by atoms with E-state index in [0.29, 0.717) is 33.9 Å². The highest BCUT2D eigenvalue weighted by Gasteiger charge is 2.29. The fourth-order valence-electron chi connectivity index (χ4n) is 3.99. The zero-order valence-electron chi connectivity index (χ0n) is 17.6. The molecule has 3 heterocycles. The Labute approximate surface area is 187 Å². The van der Waals surface area contributed by atoms with Gasteiger partial charge in [0.15, 0.2) is 5.16 Å². The summed E-state index contributed by atoms with van der Waals surface area (Å²) < 4.78 is 9.36. The number of thioether (sulfide) groups is 1. The third-order valence-electron chi connectivity index (χ3n) is 5.72.